The lowest BCUT2D eigenvalue weighted by atomic mass is 10.0. The van der Waals surface area contributed by atoms with Gasteiger partial charge in [-0.3, -0.25) is 9.59 Å². The standard InChI is InChI=1S/C58H111NO5/c1-3-5-7-9-11-13-15-17-19-21-22-24-26-28-32-36-40-44-48-52-58(63)64-53-49-45-41-37-33-29-31-35-39-43-47-51-57(62)59-55(54-60)56(61)50-46-42-38-34-30-27-25-23-20-18-16-14-12-10-8-6-4-2/h11,13,17,19,55-56,60-61H,3-10,12,14-16,18,20-54H2,1-2H3,(H,59,62)/b13-11-,19-17-. The van der Waals surface area contributed by atoms with E-state index in [1.807, 2.05) is 0 Å². The summed E-state index contributed by atoms with van der Waals surface area (Å²) in [6, 6.07) is -0.556. The number of carbonyl (C=O) groups excluding carboxylic acids is 2. The Morgan fingerprint density at radius 1 is 0.438 bits per heavy atom. The van der Waals surface area contributed by atoms with Crippen LogP contribution in [0.3, 0.4) is 0 Å². The van der Waals surface area contributed by atoms with Crippen molar-refractivity contribution in [3.05, 3.63) is 24.3 Å². The molecule has 0 aliphatic rings. The summed E-state index contributed by atoms with van der Waals surface area (Å²) in [5, 5.41) is 23.3. The number of hydrogen-bond acceptors (Lipinski definition) is 5. The van der Waals surface area contributed by atoms with Crippen molar-refractivity contribution >= 4 is 11.9 Å². The lowest BCUT2D eigenvalue weighted by Crippen LogP contribution is -2.45. The molecule has 2 atom stereocenters. The first-order valence-corrected chi connectivity index (χ1v) is 28.6. The van der Waals surface area contributed by atoms with Gasteiger partial charge in [0, 0.05) is 12.8 Å². The smallest absolute Gasteiger partial charge is 0.305 e. The van der Waals surface area contributed by atoms with Crippen molar-refractivity contribution < 1.29 is 24.5 Å². The predicted octanol–water partition coefficient (Wildman–Crippen LogP) is 17.5. The van der Waals surface area contributed by atoms with Gasteiger partial charge in [-0.2, -0.15) is 0 Å². The number of hydrogen-bond donors (Lipinski definition) is 3. The van der Waals surface area contributed by atoms with E-state index in [1.165, 1.54) is 212 Å². The van der Waals surface area contributed by atoms with Crippen molar-refractivity contribution in [1.29, 1.82) is 0 Å². The van der Waals surface area contributed by atoms with E-state index in [1.54, 1.807) is 0 Å². The van der Waals surface area contributed by atoms with Crippen molar-refractivity contribution in [2.24, 2.45) is 0 Å². The fourth-order valence-corrected chi connectivity index (χ4v) is 8.85. The van der Waals surface area contributed by atoms with E-state index >= 15 is 0 Å². The minimum atomic E-state index is -0.677. The monoisotopic (exact) mass is 902 g/mol. The fourth-order valence-electron chi connectivity index (χ4n) is 8.85. The molecule has 0 fully saturated rings. The summed E-state index contributed by atoms with van der Waals surface area (Å²) in [5.74, 6) is -0.0689. The molecule has 0 bridgehead atoms. The molecule has 378 valence electrons. The summed E-state index contributed by atoms with van der Waals surface area (Å²) >= 11 is 0. The second-order valence-corrected chi connectivity index (χ2v) is 19.6. The number of unbranched alkanes of at least 4 members (excludes halogenated alkanes) is 38. The summed E-state index contributed by atoms with van der Waals surface area (Å²) in [6.45, 7) is 4.90. The third-order valence-electron chi connectivity index (χ3n) is 13.3. The molecule has 2 unspecified atom stereocenters. The van der Waals surface area contributed by atoms with Crippen LogP contribution in [0.1, 0.15) is 309 Å². The molecule has 6 heteroatoms. The zero-order valence-electron chi connectivity index (χ0n) is 43.0. The van der Waals surface area contributed by atoms with Crippen molar-refractivity contribution in [3.8, 4) is 0 Å². The topological polar surface area (TPSA) is 95.9 Å². The van der Waals surface area contributed by atoms with E-state index in [4.69, 9.17) is 4.74 Å². The molecule has 0 aliphatic heterocycles. The van der Waals surface area contributed by atoms with Crippen molar-refractivity contribution in [2.45, 2.75) is 321 Å². The first-order valence-electron chi connectivity index (χ1n) is 28.6. The van der Waals surface area contributed by atoms with Gasteiger partial charge in [0.25, 0.3) is 0 Å². The molecule has 64 heavy (non-hydrogen) atoms. The van der Waals surface area contributed by atoms with Gasteiger partial charge in [0.1, 0.15) is 0 Å². The molecule has 0 rings (SSSR count). The van der Waals surface area contributed by atoms with Gasteiger partial charge >= 0.3 is 5.97 Å². The molecule has 0 saturated heterocycles. The van der Waals surface area contributed by atoms with Crippen LogP contribution in [0.4, 0.5) is 0 Å². The Labute approximate surface area is 399 Å². The van der Waals surface area contributed by atoms with Crippen LogP contribution in [-0.2, 0) is 14.3 Å². The molecular formula is C58H111NO5. The Hall–Kier alpha value is -1.66. The largest absolute Gasteiger partial charge is 0.466 e. The van der Waals surface area contributed by atoms with Crippen LogP contribution in [0, 0.1) is 0 Å². The average molecular weight is 903 g/mol. The maximum atomic E-state index is 12.5. The van der Waals surface area contributed by atoms with E-state index in [0.29, 0.717) is 25.9 Å². The van der Waals surface area contributed by atoms with E-state index in [-0.39, 0.29) is 18.5 Å². The van der Waals surface area contributed by atoms with Gasteiger partial charge in [-0.15, -0.1) is 0 Å². The summed E-state index contributed by atoms with van der Waals surface area (Å²) in [6.07, 6.45) is 64.4. The molecule has 0 aromatic carbocycles. The summed E-state index contributed by atoms with van der Waals surface area (Å²) in [7, 11) is 0. The Kier molecular flexibility index (Phi) is 52.6. The number of aliphatic hydroxyl groups excluding tert-OH is 2. The van der Waals surface area contributed by atoms with Gasteiger partial charge in [0.05, 0.1) is 25.4 Å². The molecule has 0 spiro atoms. The molecule has 6 nitrogen and oxygen atoms in total. The SMILES string of the molecule is CCCCC/C=C\C/C=C\CCCCCCCCCCCC(=O)OCCCCCCCCCCCCCC(=O)NC(CO)C(O)CCCCCCCCCCCCCCCCCCC. The van der Waals surface area contributed by atoms with Crippen LogP contribution in [0.15, 0.2) is 24.3 Å². The minimum Gasteiger partial charge on any atom is -0.466 e. The normalized spacial score (nSPS) is 12.8. The van der Waals surface area contributed by atoms with Crippen LogP contribution in [0.25, 0.3) is 0 Å². The number of esters is 1. The first kappa shape index (κ1) is 62.3. The molecule has 0 radical (unpaired) electrons. The fraction of sp³-hybridized carbons (Fsp3) is 0.897. The van der Waals surface area contributed by atoms with E-state index in [9.17, 15) is 19.8 Å². The van der Waals surface area contributed by atoms with Crippen LogP contribution in [0.5, 0.6) is 0 Å². The Morgan fingerprint density at radius 2 is 0.781 bits per heavy atom. The van der Waals surface area contributed by atoms with Gasteiger partial charge in [-0.25, -0.2) is 0 Å². The van der Waals surface area contributed by atoms with Crippen LogP contribution >= 0.6 is 0 Å². The molecule has 0 aromatic heterocycles. The lowest BCUT2D eigenvalue weighted by Gasteiger charge is -2.22. The highest BCUT2D eigenvalue weighted by Gasteiger charge is 2.20. The Balaban J connectivity index is 3.45. The van der Waals surface area contributed by atoms with Crippen molar-refractivity contribution in [3.63, 3.8) is 0 Å². The molecule has 1 amide bonds. The predicted molar refractivity (Wildman–Crippen MR) is 278 cm³/mol. The number of ether oxygens (including phenoxy) is 1. The highest BCUT2D eigenvalue weighted by Crippen LogP contribution is 2.17. The number of carbonyl (C=O) groups is 2. The van der Waals surface area contributed by atoms with E-state index in [0.717, 1.165) is 64.2 Å². The molecule has 0 aromatic rings. The Morgan fingerprint density at radius 3 is 1.22 bits per heavy atom. The molecule has 0 aliphatic carbocycles. The van der Waals surface area contributed by atoms with Crippen LogP contribution in [0.2, 0.25) is 0 Å². The first-order chi connectivity index (χ1) is 31.5. The third kappa shape index (κ3) is 49.8. The minimum absolute atomic E-state index is 0.0168. The Bertz CT molecular complexity index is 997. The molecule has 3 N–H and O–H groups in total. The number of amides is 1. The number of rotatable bonds is 53. The van der Waals surface area contributed by atoms with E-state index < -0.39 is 12.1 Å². The third-order valence-corrected chi connectivity index (χ3v) is 13.3. The second kappa shape index (κ2) is 54.0. The van der Waals surface area contributed by atoms with E-state index in [2.05, 4.69) is 43.5 Å². The zero-order chi connectivity index (χ0) is 46.5. The van der Waals surface area contributed by atoms with Crippen molar-refractivity contribution in [2.75, 3.05) is 13.2 Å². The maximum Gasteiger partial charge on any atom is 0.305 e. The quantitative estimate of drug-likeness (QED) is 0.0321. The highest BCUT2D eigenvalue weighted by atomic mass is 16.5. The number of nitrogens with one attached hydrogen (secondary N) is 1. The summed E-state index contributed by atoms with van der Waals surface area (Å²) in [4.78, 5) is 24.6. The van der Waals surface area contributed by atoms with Crippen LogP contribution in [-0.4, -0.2) is 47.4 Å². The zero-order valence-corrected chi connectivity index (χ0v) is 43.0. The number of aliphatic hydroxyl groups is 2. The molecule has 0 heterocycles. The summed E-state index contributed by atoms with van der Waals surface area (Å²) < 4.78 is 5.48. The summed E-state index contributed by atoms with van der Waals surface area (Å²) in [5.41, 5.74) is 0. The van der Waals surface area contributed by atoms with Gasteiger partial charge in [-0.05, 0) is 57.8 Å². The van der Waals surface area contributed by atoms with Gasteiger partial charge in [-0.1, -0.05) is 263 Å². The second-order valence-electron chi connectivity index (χ2n) is 19.6. The van der Waals surface area contributed by atoms with Gasteiger partial charge in [0.15, 0.2) is 0 Å². The van der Waals surface area contributed by atoms with Gasteiger partial charge < -0.3 is 20.3 Å². The maximum absolute atomic E-state index is 12.5. The molecule has 0 saturated carbocycles. The average Bonchev–Trinajstić information content (AvgIpc) is 3.29. The molecular weight excluding hydrogens is 791 g/mol. The number of allylic oxidation sites excluding steroid dienone is 4. The lowest BCUT2D eigenvalue weighted by molar-refractivity contribution is -0.143. The van der Waals surface area contributed by atoms with Crippen LogP contribution < -0.4 is 5.32 Å². The van der Waals surface area contributed by atoms with Gasteiger partial charge in [0.2, 0.25) is 5.91 Å². The highest BCUT2D eigenvalue weighted by molar-refractivity contribution is 5.76. The van der Waals surface area contributed by atoms with Crippen molar-refractivity contribution in [1.82, 2.24) is 5.32 Å².